The van der Waals surface area contributed by atoms with Crippen LogP contribution in [0.5, 0.6) is 5.75 Å². The van der Waals surface area contributed by atoms with Crippen LogP contribution in [0.15, 0.2) is 18.2 Å². The number of hydrogen-bond donors (Lipinski definition) is 2. The van der Waals surface area contributed by atoms with Crippen LogP contribution in [-0.2, 0) is 14.4 Å². The number of anilines is 1. The van der Waals surface area contributed by atoms with E-state index in [0.717, 1.165) is 11.0 Å². The zero-order valence-corrected chi connectivity index (χ0v) is 14.3. The van der Waals surface area contributed by atoms with Crippen molar-refractivity contribution in [2.75, 3.05) is 29.6 Å². The number of non-ortho nitro benzene ring substituents is 1. The molecule has 0 radical (unpaired) electrons. The minimum atomic E-state index is -1.36. The van der Waals surface area contributed by atoms with Crippen LogP contribution < -0.4 is 15.0 Å². The van der Waals surface area contributed by atoms with Crippen molar-refractivity contribution in [2.24, 2.45) is 0 Å². The summed E-state index contributed by atoms with van der Waals surface area (Å²) in [7, 11) is 0. The lowest BCUT2D eigenvalue weighted by atomic mass is 9.99. The highest BCUT2D eigenvalue weighted by molar-refractivity contribution is 7.99. The maximum atomic E-state index is 12.4. The second-order valence-corrected chi connectivity index (χ2v) is 7.02. The number of benzene rings is 1. The molecule has 1 aromatic rings. The SMILES string of the molecule is O=C(CN1C(=O)COc2ccc([N+](=O)[O-])cc21)NC1(C(=O)O)CCSC1. The van der Waals surface area contributed by atoms with Gasteiger partial charge in [0, 0.05) is 17.9 Å². The van der Waals surface area contributed by atoms with Gasteiger partial charge in [-0.1, -0.05) is 0 Å². The number of nitrogens with zero attached hydrogens (tertiary/aromatic N) is 2. The van der Waals surface area contributed by atoms with E-state index >= 15 is 0 Å². The second kappa shape index (κ2) is 6.83. The number of nitrogens with one attached hydrogen (secondary N) is 1. The van der Waals surface area contributed by atoms with Crippen molar-refractivity contribution >= 4 is 40.9 Å². The van der Waals surface area contributed by atoms with Crippen molar-refractivity contribution in [1.29, 1.82) is 0 Å². The summed E-state index contributed by atoms with van der Waals surface area (Å²) >= 11 is 1.42. The predicted octanol–water partition coefficient (Wildman–Crippen LogP) is 0.397. The average Bonchev–Trinajstić information content (AvgIpc) is 3.06. The normalized spacial score (nSPS) is 21.7. The van der Waals surface area contributed by atoms with Crippen molar-refractivity contribution in [1.82, 2.24) is 5.32 Å². The largest absolute Gasteiger partial charge is 0.482 e. The number of rotatable bonds is 5. The summed E-state index contributed by atoms with van der Waals surface area (Å²) in [5, 5.41) is 22.9. The summed E-state index contributed by atoms with van der Waals surface area (Å²) in [5.74, 6) is -1.22. The molecule has 3 rings (SSSR count). The maximum absolute atomic E-state index is 12.4. The summed E-state index contributed by atoms with van der Waals surface area (Å²) in [5.41, 5.74) is -1.50. The van der Waals surface area contributed by atoms with Crippen molar-refractivity contribution in [2.45, 2.75) is 12.0 Å². The van der Waals surface area contributed by atoms with Crippen LogP contribution >= 0.6 is 11.8 Å². The summed E-state index contributed by atoms with van der Waals surface area (Å²) < 4.78 is 5.23. The fourth-order valence-corrected chi connectivity index (χ4v) is 4.14. The smallest absolute Gasteiger partial charge is 0.330 e. The molecular weight excluding hydrogens is 366 g/mol. The topological polar surface area (TPSA) is 139 Å². The van der Waals surface area contributed by atoms with Gasteiger partial charge >= 0.3 is 5.97 Å². The first-order valence-electron chi connectivity index (χ1n) is 7.66. The molecule has 11 heteroatoms. The Bertz CT molecular complexity index is 791. The lowest BCUT2D eigenvalue weighted by molar-refractivity contribution is -0.384. The first-order chi connectivity index (χ1) is 12.3. The molecular formula is C15H15N3O7S. The Morgan fingerprint density at radius 2 is 2.23 bits per heavy atom. The summed E-state index contributed by atoms with van der Waals surface area (Å²) in [6, 6.07) is 3.75. The number of carboxylic acids is 1. The van der Waals surface area contributed by atoms with Crippen LogP contribution in [0, 0.1) is 10.1 Å². The Labute approximate surface area is 151 Å². The number of ether oxygens (including phenoxy) is 1. The van der Waals surface area contributed by atoms with E-state index in [4.69, 9.17) is 4.74 Å². The number of thioether (sulfide) groups is 1. The van der Waals surface area contributed by atoms with Crippen LogP contribution in [0.1, 0.15) is 6.42 Å². The highest BCUT2D eigenvalue weighted by Gasteiger charge is 2.43. The molecule has 0 bridgehead atoms. The van der Waals surface area contributed by atoms with Crippen molar-refractivity contribution in [3.05, 3.63) is 28.3 Å². The standard InChI is InChI=1S/C15H15N3O7S/c19-12(16-15(14(21)22)3-4-26-8-15)6-17-10-5-9(18(23)24)1-2-11(10)25-7-13(17)20/h1-2,5H,3-4,6-8H2,(H,16,19)(H,21,22). The highest BCUT2D eigenvalue weighted by Crippen LogP contribution is 2.35. The quantitative estimate of drug-likeness (QED) is 0.552. The molecule has 2 amide bonds. The van der Waals surface area contributed by atoms with E-state index in [1.54, 1.807) is 0 Å². The molecule has 1 atom stereocenters. The van der Waals surface area contributed by atoms with Gasteiger partial charge in [0.15, 0.2) is 6.61 Å². The minimum Gasteiger partial charge on any atom is -0.482 e. The van der Waals surface area contributed by atoms with E-state index in [-0.39, 0.29) is 35.9 Å². The molecule has 26 heavy (non-hydrogen) atoms. The van der Waals surface area contributed by atoms with Crippen molar-refractivity contribution < 1.29 is 29.2 Å². The van der Waals surface area contributed by atoms with Gasteiger partial charge in [-0.3, -0.25) is 24.6 Å². The molecule has 10 nitrogen and oxygen atoms in total. The van der Waals surface area contributed by atoms with Gasteiger partial charge in [-0.25, -0.2) is 4.79 Å². The zero-order valence-electron chi connectivity index (χ0n) is 13.5. The molecule has 2 heterocycles. The van der Waals surface area contributed by atoms with E-state index < -0.39 is 34.8 Å². The van der Waals surface area contributed by atoms with Crippen LogP contribution in [-0.4, -0.2) is 58.0 Å². The van der Waals surface area contributed by atoms with Crippen LogP contribution in [0.2, 0.25) is 0 Å². The number of carbonyl (C=O) groups excluding carboxylic acids is 2. The highest BCUT2D eigenvalue weighted by atomic mass is 32.2. The van der Waals surface area contributed by atoms with Gasteiger partial charge in [-0.05, 0) is 18.2 Å². The molecule has 0 aromatic heterocycles. The average molecular weight is 381 g/mol. The number of fused-ring (bicyclic) bond motifs is 1. The molecule has 2 aliphatic rings. The molecule has 1 aromatic carbocycles. The maximum Gasteiger partial charge on any atom is 0.330 e. The summed E-state index contributed by atoms with van der Waals surface area (Å²) in [4.78, 5) is 47.5. The molecule has 1 fully saturated rings. The first kappa shape index (κ1) is 18.0. The van der Waals surface area contributed by atoms with Gasteiger partial charge in [0.05, 0.1) is 10.6 Å². The molecule has 0 spiro atoms. The number of nitro benzene ring substituents is 1. The van der Waals surface area contributed by atoms with Gasteiger partial charge in [0.25, 0.3) is 11.6 Å². The lowest BCUT2D eigenvalue weighted by Crippen LogP contribution is -2.57. The van der Waals surface area contributed by atoms with Crippen LogP contribution in [0.3, 0.4) is 0 Å². The Morgan fingerprint density at radius 3 is 2.85 bits per heavy atom. The molecule has 1 saturated heterocycles. The molecule has 0 saturated carbocycles. The summed E-state index contributed by atoms with van der Waals surface area (Å²) in [6.45, 7) is -0.756. The summed E-state index contributed by atoms with van der Waals surface area (Å²) in [6.07, 6.45) is 0.290. The van der Waals surface area contributed by atoms with E-state index in [0.29, 0.717) is 5.75 Å². The van der Waals surface area contributed by atoms with Crippen LogP contribution in [0.25, 0.3) is 0 Å². The van der Waals surface area contributed by atoms with E-state index in [1.165, 1.54) is 23.9 Å². The Hall–Kier alpha value is -2.82. The Balaban J connectivity index is 1.82. The number of carboxylic acid groups (broad SMARTS) is 1. The van der Waals surface area contributed by atoms with Crippen LogP contribution in [0.4, 0.5) is 11.4 Å². The monoisotopic (exact) mass is 381 g/mol. The third-order valence-electron chi connectivity index (χ3n) is 4.21. The zero-order chi connectivity index (χ0) is 18.9. The van der Waals surface area contributed by atoms with Crippen molar-refractivity contribution in [3.63, 3.8) is 0 Å². The molecule has 0 aliphatic carbocycles. The van der Waals surface area contributed by atoms with Gasteiger partial charge in [-0.15, -0.1) is 0 Å². The van der Waals surface area contributed by atoms with E-state index in [9.17, 15) is 29.6 Å². The number of hydrogen-bond acceptors (Lipinski definition) is 7. The van der Waals surface area contributed by atoms with Crippen molar-refractivity contribution in [3.8, 4) is 5.75 Å². The first-order valence-corrected chi connectivity index (χ1v) is 8.82. The van der Waals surface area contributed by atoms with Gasteiger partial charge in [0.1, 0.15) is 17.8 Å². The molecule has 2 aliphatic heterocycles. The van der Waals surface area contributed by atoms with E-state index in [2.05, 4.69) is 5.32 Å². The second-order valence-electron chi connectivity index (χ2n) is 5.92. The van der Waals surface area contributed by atoms with Gasteiger partial charge < -0.3 is 15.2 Å². The lowest BCUT2D eigenvalue weighted by Gasteiger charge is -2.30. The molecule has 1 unspecified atom stereocenters. The molecule has 2 N–H and O–H groups in total. The minimum absolute atomic E-state index is 0.107. The number of aliphatic carboxylic acids is 1. The number of carbonyl (C=O) groups is 3. The number of amides is 2. The van der Waals surface area contributed by atoms with Gasteiger partial charge in [0.2, 0.25) is 5.91 Å². The predicted molar refractivity (Wildman–Crippen MR) is 91.4 cm³/mol. The Kier molecular flexibility index (Phi) is 4.72. The third-order valence-corrected chi connectivity index (χ3v) is 5.40. The fourth-order valence-electron chi connectivity index (χ4n) is 2.81. The molecule has 138 valence electrons. The number of nitro groups is 1. The van der Waals surface area contributed by atoms with Gasteiger partial charge in [-0.2, -0.15) is 11.8 Å². The Morgan fingerprint density at radius 1 is 1.46 bits per heavy atom. The third kappa shape index (κ3) is 3.29. The fraction of sp³-hybridized carbons (Fsp3) is 0.400. The van der Waals surface area contributed by atoms with E-state index in [1.807, 2.05) is 0 Å².